The Bertz CT molecular complexity index is 694. The molecule has 1 aromatic heterocycles. The smallest absolute Gasteiger partial charge is 0.351 e. The topological polar surface area (TPSA) is 111 Å². The number of hydrogen-bond acceptors (Lipinski definition) is 6. The summed E-state index contributed by atoms with van der Waals surface area (Å²) in [4.78, 5) is 15.6. The van der Waals surface area contributed by atoms with Gasteiger partial charge < -0.3 is 20.7 Å². The van der Waals surface area contributed by atoms with Crippen molar-refractivity contribution in [3.05, 3.63) is 22.2 Å². The highest BCUT2D eigenvalue weighted by atomic mass is 19.1. The van der Waals surface area contributed by atoms with Crippen molar-refractivity contribution >= 4 is 5.82 Å². The lowest BCUT2D eigenvalue weighted by molar-refractivity contribution is -0.0808. The molecular weight excluding hydrogens is 293 g/mol. The Hall–Kier alpha value is -1.95. The number of anilines is 1. The van der Waals surface area contributed by atoms with Gasteiger partial charge in [-0.2, -0.15) is 4.98 Å². The number of alkyl halides is 1. The van der Waals surface area contributed by atoms with Crippen molar-refractivity contribution in [2.24, 2.45) is 0 Å². The maximum atomic E-state index is 15.2. The van der Waals surface area contributed by atoms with Crippen LogP contribution in [0.4, 0.5) is 10.2 Å². The second-order valence-corrected chi connectivity index (χ2v) is 5.26. The van der Waals surface area contributed by atoms with Gasteiger partial charge in [-0.15, -0.1) is 5.92 Å². The summed E-state index contributed by atoms with van der Waals surface area (Å²) in [6.07, 6.45) is -5.62. The third-order valence-corrected chi connectivity index (χ3v) is 3.58. The second kappa shape index (κ2) is 5.68. The van der Waals surface area contributed by atoms with E-state index in [1.165, 1.54) is 26.8 Å². The first-order valence-corrected chi connectivity index (χ1v) is 6.72. The standard InChI is InChI=1S/C14H18FN3O4/c1-4-5-14(15)11(20)10(8(3)19)22-12(14)18-7(2)6-9(16)17-13(18)21/h6,8,10-12,19-20H,1-3H3,(H2,16,17,21)/t8-,10+,11-,12+,14?/m0/s1. The Morgan fingerprint density at radius 3 is 2.77 bits per heavy atom. The molecule has 120 valence electrons. The Balaban J connectivity index is 2.62. The Morgan fingerprint density at radius 1 is 1.64 bits per heavy atom. The maximum Gasteiger partial charge on any atom is 0.351 e. The molecule has 22 heavy (non-hydrogen) atoms. The molecule has 0 aromatic carbocycles. The van der Waals surface area contributed by atoms with Crippen molar-refractivity contribution in [3.8, 4) is 11.8 Å². The molecule has 5 atom stereocenters. The number of aliphatic hydroxyl groups is 2. The van der Waals surface area contributed by atoms with E-state index in [0.717, 1.165) is 4.57 Å². The molecule has 1 aromatic rings. The number of ether oxygens (including phenoxy) is 1. The fraction of sp³-hybridized carbons (Fsp3) is 0.571. The van der Waals surface area contributed by atoms with Crippen molar-refractivity contribution in [3.63, 3.8) is 0 Å². The molecule has 1 saturated heterocycles. The van der Waals surface area contributed by atoms with Crippen LogP contribution in [-0.2, 0) is 4.74 Å². The van der Waals surface area contributed by atoms with E-state index in [2.05, 4.69) is 16.8 Å². The largest absolute Gasteiger partial charge is 0.391 e. The number of nitrogen functional groups attached to an aromatic ring is 1. The number of rotatable bonds is 2. The number of nitrogens with zero attached hydrogens (tertiary/aromatic N) is 2. The molecule has 2 rings (SSSR count). The van der Waals surface area contributed by atoms with Crippen LogP contribution >= 0.6 is 0 Å². The molecule has 1 fully saturated rings. The summed E-state index contributed by atoms with van der Waals surface area (Å²) in [6, 6.07) is 1.38. The minimum absolute atomic E-state index is 0.00425. The molecule has 1 aliphatic rings. The van der Waals surface area contributed by atoms with Crippen LogP contribution in [0.3, 0.4) is 0 Å². The van der Waals surface area contributed by atoms with Gasteiger partial charge in [0.25, 0.3) is 0 Å². The predicted molar refractivity (Wildman–Crippen MR) is 76.5 cm³/mol. The van der Waals surface area contributed by atoms with Crippen LogP contribution in [0.15, 0.2) is 10.9 Å². The fourth-order valence-electron chi connectivity index (χ4n) is 2.58. The van der Waals surface area contributed by atoms with E-state index < -0.39 is 35.9 Å². The van der Waals surface area contributed by atoms with Crippen molar-refractivity contribution in [1.29, 1.82) is 0 Å². The SMILES string of the molecule is CC#CC1(F)[C@@H](O)[C@@H]([C@H](C)O)O[C@H]1n1c(C)cc(N)nc1=O. The van der Waals surface area contributed by atoms with E-state index in [9.17, 15) is 15.0 Å². The Labute approximate surface area is 126 Å². The summed E-state index contributed by atoms with van der Waals surface area (Å²) in [5, 5.41) is 19.8. The average molecular weight is 311 g/mol. The van der Waals surface area contributed by atoms with Crippen LogP contribution in [0, 0.1) is 18.8 Å². The molecule has 1 aliphatic heterocycles. The zero-order valence-corrected chi connectivity index (χ0v) is 12.4. The van der Waals surface area contributed by atoms with E-state index in [4.69, 9.17) is 10.5 Å². The van der Waals surface area contributed by atoms with Crippen molar-refractivity contribution < 1.29 is 19.3 Å². The molecule has 7 nitrogen and oxygen atoms in total. The molecule has 0 spiro atoms. The highest BCUT2D eigenvalue weighted by Crippen LogP contribution is 2.42. The van der Waals surface area contributed by atoms with Gasteiger partial charge in [0.1, 0.15) is 18.0 Å². The summed E-state index contributed by atoms with van der Waals surface area (Å²) < 4.78 is 21.6. The van der Waals surface area contributed by atoms with Crippen LogP contribution in [0.2, 0.25) is 0 Å². The third-order valence-electron chi connectivity index (χ3n) is 3.58. The normalized spacial score (nSPS) is 32.4. The molecule has 0 amide bonds. The zero-order chi connectivity index (χ0) is 16.7. The highest BCUT2D eigenvalue weighted by Gasteiger charge is 2.59. The molecule has 0 bridgehead atoms. The summed E-state index contributed by atoms with van der Waals surface area (Å²) in [5.41, 5.74) is 2.41. The summed E-state index contributed by atoms with van der Waals surface area (Å²) in [7, 11) is 0. The Kier molecular flexibility index (Phi) is 4.24. The van der Waals surface area contributed by atoms with Crippen LogP contribution < -0.4 is 11.4 Å². The van der Waals surface area contributed by atoms with Crippen LogP contribution in [0.1, 0.15) is 25.8 Å². The predicted octanol–water partition coefficient (Wildman–Crippen LogP) is -0.495. The average Bonchev–Trinajstić information content (AvgIpc) is 2.63. The van der Waals surface area contributed by atoms with Crippen molar-refractivity contribution in [2.75, 3.05) is 5.73 Å². The number of aliphatic hydroxyl groups excluding tert-OH is 2. The second-order valence-electron chi connectivity index (χ2n) is 5.26. The van der Waals surface area contributed by atoms with Crippen LogP contribution in [0.5, 0.6) is 0 Å². The van der Waals surface area contributed by atoms with E-state index >= 15 is 4.39 Å². The summed E-state index contributed by atoms with van der Waals surface area (Å²) >= 11 is 0. The van der Waals surface area contributed by atoms with Gasteiger partial charge in [0.2, 0.25) is 5.67 Å². The van der Waals surface area contributed by atoms with E-state index in [1.54, 1.807) is 0 Å². The quantitative estimate of drug-likeness (QED) is 0.635. The lowest BCUT2D eigenvalue weighted by atomic mass is 9.94. The van der Waals surface area contributed by atoms with E-state index in [-0.39, 0.29) is 5.82 Å². The van der Waals surface area contributed by atoms with Crippen molar-refractivity contribution in [1.82, 2.24) is 9.55 Å². The monoisotopic (exact) mass is 311 g/mol. The molecule has 4 N–H and O–H groups in total. The molecule has 0 saturated carbocycles. The van der Waals surface area contributed by atoms with Crippen LogP contribution in [-0.4, -0.2) is 43.7 Å². The van der Waals surface area contributed by atoms with Gasteiger partial charge in [-0.1, -0.05) is 5.92 Å². The first-order valence-electron chi connectivity index (χ1n) is 6.72. The van der Waals surface area contributed by atoms with Gasteiger partial charge in [0, 0.05) is 5.69 Å². The molecule has 0 radical (unpaired) electrons. The zero-order valence-electron chi connectivity index (χ0n) is 12.4. The first kappa shape index (κ1) is 16.4. The minimum atomic E-state index is -2.55. The Morgan fingerprint density at radius 2 is 2.27 bits per heavy atom. The van der Waals surface area contributed by atoms with Gasteiger partial charge in [-0.25, -0.2) is 9.18 Å². The number of nitrogens with two attached hydrogens (primary N) is 1. The molecule has 1 unspecified atom stereocenters. The van der Waals surface area contributed by atoms with E-state index in [0.29, 0.717) is 5.69 Å². The first-order chi connectivity index (χ1) is 10.2. The van der Waals surface area contributed by atoms with E-state index in [1.807, 2.05) is 0 Å². The number of aryl methyl sites for hydroxylation is 1. The van der Waals surface area contributed by atoms with Crippen LogP contribution in [0.25, 0.3) is 0 Å². The van der Waals surface area contributed by atoms with Gasteiger partial charge >= 0.3 is 5.69 Å². The lowest BCUT2D eigenvalue weighted by Gasteiger charge is -2.25. The van der Waals surface area contributed by atoms with Crippen molar-refractivity contribution in [2.45, 2.75) is 51.0 Å². The number of halogens is 1. The van der Waals surface area contributed by atoms with Gasteiger partial charge in [0.15, 0.2) is 6.23 Å². The molecule has 8 heteroatoms. The van der Waals surface area contributed by atoms with Gasteiger partial charge in [-0.05, 0) is 26.8 Å². The molecule has 0 aliphatic carbocycles. The fourth-order valence-corrected chi connectivity index (χ4v) is 2.58. The summed E-state index contributed by atoms with van der Waals surface area (Å²) in [5.74, 6) is 4.63. The van der Waals surface area contributed by atoms with Gasteiger partial charge in [0.05, 0.1) is 6.10 Å². The minimum Gasteiger partial charge on any atom is -0.391 e. The molecule has 2 heterocycles. The molecular formula is C14H18FN3O4. The van der Waals surface area contributed by atoms with Gasteiger partial charge in [-0.3, -0.25) is 4.57 Å². The third kappa shape index (κ3) is 2.47. The lowest BCUT2D eigenvalue weighted by Crippen LogP contribution is -2.46. The maximum absolute atomic E-state index is 15.2. The highest BCUT2D eigenvalue weighted by molar-refractivity contribution is 5.30. The number of hydrogen-bond donors (Lipinski definition) is 3. The summed E-state index contributed by atoms with van der Waals surface area (Å²) in [6.45, 7) is 4.29. The number of aromatic nitrogens is 2.